The van der Waals surface area contributed by atoms with E-state index in [1.54, 1.807) is 19.1 Å². The molecular weight excluding hydrogens is 456 g/mol. The summed E-state index contributed by atoms with van der Waals surface area (Å²) < 4.78 is 31.8. The molecule has 0 aliphatic rings. The second kappa shape index (κ2) is 8.70. The summed E-state index contributed by atoms with van der Waals surface area (Å²) in [6.45, 7) is -1.31. The lowest BCUT2D eigenvalue weighted by Crippen LogP contribution is -2.24. The highest BCUT2D eigenvalue weighted by Gasteiger charge is 2.21. The van der Waals surface area contributed by atoms with Crippen LogP contribution in [0, 0.1) is 6.92 Å². The molecule has 0 aliphatic carbocycles. The Morgan fingerprint density at radius 1 is 1.29 bits per heavy atom. The van der Waals surface area contributed by atoms with Crippen LogP contribution in [0.4, 0.5) is 8.78 Å². The van der Waals surface area contributed by atoms with Gasteiger partial charge in [0.1, 0.15) is 10.9 Å². The molecule has 0 bridgehead atoms. The molecule has 1 amide bonds. The zero-order valence-corrected chi connectivity index (χ0v) is 17.0. The van der Waals surface area contributed by atoms with Crippen LogP contribution >= 0.6 is 27.5 Å². The molecule has 0 saturated heterocycles. The van der Waals surface area contributed by atoms with Gasteiger partial charge in [0.2, 0.25) is 0 Å². The number of carbonyl (C=O) groups excluding carboxylic acids is 1. The predicted octanol–water partition coefficient (Wildman–Crippen LogP) is 5.13. The molecule has 28 heavy (non-hydrogen) atoms. The molecule has 0 spiro atoms. The fourth-order valence-corrected chi connectivity index (χ4v) is 3.42. The number of aryl methyl sites for hydroxylation is 1. The SMILES string of the molecule is Cc1nn(-c2ccccc2)c(Cl)c1C(=O)NCc1cc(Br)ccc1OC(F)F. The van der Waals surface area contributed by atoms with Gasteiger partial charge in [-0.3, -0.25) is 4.79 Å². The standard InChI is InChI=1S/C19H15BrClF2N3O2/c1-11-16(17(21)26(25-11)14-5-3-2-4-6-14)18(27)24-10-12-9-13(20)7-8-15(12)28-19(22)23/h2-9,19H,10H2,1H3,(H,24,27). The lowest BCUT2D eigenvalue weighted by atomic mass is 10.2. The van der Waals surface area contributed by atoms with Crippen molar-refractivity contribution in [1.29, 1.82) is 0 Å². The summed E-state index contributed by atoms with van der Waals surface area (Å²) in [5.41, 5.74) is 1.78. The van der Waals surface area contributed by atoms with Gasteiger partial charge in [-0.05, 0) is 37.3 Å². The lowest BCUT2D eigenvalue weighted by Gasteiger charge is -2.12. The molecule has 2 aromatic carbocycles. The molecule has 3 aromatic rings. The molecule has 5 nitrogen and oxygen atoms in total. The number of para-hydroxylation sites is 1. The molecule has 0 saturated carbocycles. The van der Waals surface area contributed by atoms with Crippen molar-refractivity contribution in [1.82, 2.24) is 15.1 Å². The number of carbonyl (C=O) groups is 1. The van der Waals surface area contributed by atoms with Gasteiger partial charge in [0, 0.05) is 16.6 Å². The minimum atomic E-state index is -2.96. The number of ether oxygens (including phenoxy) is 1. The first-order valence-corrected chi connectivity index (χ1v) is 9.36. The van der Waals surface area contributed by atoms with Gasteiger partial charge in [0.25, 0.3) is 5.91 Å². The summed E-state index contributed by atoms with van der Waals surface area (Å²) in [5.74, 6) is -0.478. The monoisotopic (exact) mass is 469 g/mol. The molecule has 0 aliphatic heterocycles. The van der Waals surface area contributed by atoms with Crippen LogP contribution in [0.2, 0.25) is 5.15 Å². The summed E-state index contributed by atoms with van der Waals surface area (Å²) in [5, 5.41) is 7.17. The Morgan fingerprint density at radius 3 is 2.68 bits per heavy atom. The van der Waals surface area contributed by atoms with E-state index in [0.29, 0.717) is 21.4 Å². The molecule has 1 N–H and O–H groups in total. The number of aromatic nitrogens is 2. The molecule has 9 heteroatoms. The topological polar surface area (TPSA) is 56.2 Å². The van der Waals surface area contributed by atoms with Crippen molar-refractivity contribution in [2.24, 2.45) is 0 Å². The van der Waals surface area contributed by atoms with E-state index in [9.17, 15) is 13.6 Å². The van der Waals surface area contributed by atoms with Crippen molar-refractivity contribution in [3.05, 3.63) is 75.0 Å². The van der Waals surface area contributed by atoms with Crippen LogP contribution in [0.25, 0.3) is 5.69 Å². The van der Waals surface area contributed by atoms with Crippen LogP contribution in [0.3, 0.4) is 0 Å². The molecule has 1 heterocycles. The highest BCUT2D eigenvalue weighted by molar-refractivity contribution is 9.10. The lowest BCUT2D eigenvalue weighted by molar-refractivity contribution is -0.0504. The van der Waals surface area contributed by atoms with Crippen LogP contribution in [0.5, 0.6) is 5.75 Å². The number of nitrogens with one attached hydrogen (secondary N) is 1. The minimum absolute atomic E-state index is 0.0127. The van der Waals surface area contributed by atoms with E-state index < -0.39 is 12.5 Å². The Morgan fingerprint density at radius 2 is 2.00 bits per heavy atom. The third-order valence-corrected chi connectivity index (χ3v) is 4.75. The first-order valence-electron chi connectivity index (χ1n) is 8.18. The van der Waals surface area contributed by atoms with Crippen molar-refractivity contribution in [3.63, 3.8) is 0 Å². The normalized spacial score (nSPS) is 10.9. The average Bonchev–Trinajstić information content (AvgIpc) is 2.96. The first-order chi connectivity index (χ1) is 13.4. The Balaban J connectivity index is 1.82. The van der Waals surface area contributed by atoms with E-state index in [1.807, 2.05) is 30.3 Å². The summed E-state index contributed by atoms with van der Waals surface area (Å²) in [7, 11) is 0. The first kappa shape index (κ1) is 20.3. The maximum atomic E-state index is 12.7. The van der Waals surface area contributed by atoms with Crippen molar-refractivity contribution in [2.75, 3.05) is 0 Å². The van der Waals surface area contributed by atoms with Crippen LogP contribution in [0.1, 0.15) is 21.6 Å². The van der Waals surface area contributed by atoms with Crippen LogP contribution in [-0.2, 0) is 6.54 Å². The molecule has 146 valence electrons. The van der Waals surface area contributed by atoms with Crippen LogP contribution < -0.4 is 10.1 Å². The van der Waals surface area contributed by atoms with Gasteiger partial charge >= 0.3 is 6.61 Å². The highest BCUT2D eigenvalue weighted by Crippen LogP contribution is 2.26. The van der Waals surface area contributed by atoms with E-state index in [-0.39, 0.29) is 23.0 Å². The number of benzene rings is 2. The van der Waals surface area contributed by atoms with E-state index in [4.69, 9.17) is 11.6 Å². The van der Waals surface area contributed by atoms with Gasteiger partial charge in [-0.25, -0.2) is 4.68 Å². The zero-order valence-electron chi connectivity index (χ0n) is 14.6. The Bertz CT molecular complexity index is 996. The molecular formula is C19H15BrClF2N3O2. The van der Waals surface area contributed by atoms with Gasteiger partial charge < -0.3 is 10.1 Å². The number of rotatable bonds is 6. The van der Waals surface area contributed by atoms with E-state index in [1.165, 1.54) is 10.7 Å². The fraction of sp³-hybridized carbons (Fsp3) is 0.158. The second-order valence-electron chi connectivity index (χ2n) is 5.81. The average molecular weight is 471 g/mol. The van der Waals surface area contributed by atoms with Crippen molar-refractivity contribution >= 4 is 33.4 Å². The number of halogens is 4. The van der Waals surface area contributed by atoms with Gasteiger partial charge in [-0.1, -0.05) is 45.7 Å². The molecule has 0 fully saturated rings. The van der Waals surface area contributed by atoms with Crippen LogP contribution in [-0.4, -0.2) is 22.3 Å². The van der Waals surface area contributed by atoms with Crippen molar-refractivity contribution in [2.45, 2.75) is 20.1 Å². The van der Waals surface area contributed by atoms with Gasteiger partial charge in [0.05, 0.1) is 16.9 Å². The number of hydrogen-bond donors (Lipinski definition) is 1. The molecule has 0 atom stereocenters. The van der Waals surface area contributed by atoms with E-state index in [2.05, 4.69) is 31.1 Å². The maximum absolute atomic E-state index is 12.7. The van der Waals surface area contributed by atoms with E-state index in [0.717, 1.165) is 0 Å². The predicted molar refractivity (Wildman–Crippen MR) is 105 cm³/mol. The smallest absolute Gasteiger partial charge is 0.387 e. The number of amides is 1. The summed E-state index contributed by atoms with van der Waals surface area (Å²) in [4.78, 5) is 12.7. The third kappa shape index (κ3) is 4.51. The Hall–Kier alpha value is -2.45. The molecule has 3 rings (SSSR count). The second-order valence-corrected chi connectivity index (χ2v) is 7.09. The van der Waals surface area contributed by atoms with Gasteiger partial charge in [-0.15, -0.1) is 0 Å². The number of nitrogens with zero attached hydrogens (tertiary/aromatic N) is 2. The van der Waals surface area contributed by atoms with Crippen LogP contribution in [0.15, 0.2) is 53.0 Å². The Kier molecular flexibility index (Phi) is 6.31. The summed E-state index contributed by atoms with van der Waals surface area (Å²) in [6, 6.07) is 13.7. The Labute approximate surface area is 173 Å². The highest BCUT2D eigenvalue weighted by atomic mass is 79.9. The fourth-order valence-electron chi connectivity index (χ4n) is 2.66. The molecule has 1 aromatic heterocycles. The third-order valence-electron chi connectivity index (χ3n) is 3.91. The molecule has 0 unspecified atom stereocenters. The van der Waals surface area contributed by atoms with Crippen molar-refractivity contribution in [3.8, 4) is 11.4 Å². The quantitative estimate of drug-likeness (QED) is 0.543. The zero-order chi connectivity index (χ0) is 20.3. The van der Waals surface area contributed by atoms with E-state index >= 15 is 0 Å². The van der Waals surface area contributed by atoms with Gasteiger partial charge in [-0.2, -0.15) is 13.9 Å². The van der Waals surface area contributed by atoms with Crippen molar-refractivity contribution < 1.29 is 18.3 Å². The largest absolute Gasteiger partial charge is 0.434 e. The summed E-state index contributed by atoms with van der Waals surface area (Å²) >= 11 is 9.65. The number of alkyl halides is 2. The van der Waals surface area contributed by atoms with Gasteiger partial charge in [0.15, 0.2) is 0 Å². The molecule has 0 radical (unpaired) electrons. The summed E-state index contributed by atoms with van der Waals surface area (Å²) in [6.07, 6.45) is 0. The minimum Gasteiger partial charge on any atom is -0.434 e. The maximum Gasteiger partial charge on any atom is 0.387 e. The number of hydrogen-bond acceptors (Lipinski definition) is 3.